The first-order valence-corrected chi connectivity index (χ1v) is 6.59. The number of nitrogens with one attached hydrogen (secondary N) is 3. The fourth-order valence-electron chi connectivity index (χ4n) is 1.66. The molecule has 1 heterocycles. The van der Waals surface area contributed by atoms with E-state index in [1.54, 1.807) is 12.1 Å². The lowest BCUT2D eigenvalue weighted by Gasteiger charge is -2.08. The molecule has 3 N–H and O–H groups in total. The molecule has 1 aromatic carbocycles. The summed E-state index contributed by atoms with van der Waals surface area (Å²) in [6.07, 6.45) is 1.54. The number of carbonyl (C=O) groups excluding carboxylic acids is 2. The molecule has 0 aliphatic carbocycles. The Hall–Kier alpha value is -2.76. The van der Waals surface area contributed by atoms with Crippen molar-refractivity contribution < 1.29 is 14.0 Å². The van der Waals surface area contributed by atoms with E-state index in [0.717, 1.165) is 5.56 Å². The van der Waals surface area contributed by atoms with Crippen molar-refractivity contribution in [2.24, 2.45) is 0 Å². The number of carbonyl (C=O) groups is 2. The SMILES string of the molecule is O=C(CNC(=O)NCc1ccccc1)NCc1ccco1. The molecule has 110 valence electrons. The molecule has 6 nitrogen and oxygen atoms in total. The largest absolute Gasteiger partial charge is 0.467 e. The summed E-state index contributed by atoms with van der Waals surface area (Å²) in [5.41, 5.74) is 0.995. The predicted molar refractivity (Wildman–Crippen MR) is 77.2 cm³/mol. The van der Waals surface area contributed by atoms with Gasteiger partial charge in [0.15, 0.2) is 0 Å². The van der Waals surface area contributed by atoms with Crippen LogP contribution in [0, 0.1) is 0 Å². The lowest BCUT2D eigenvalue weighted by atomic mass is 10.2. The first-order valence-electron chi connectivity index (χ1n) is 6.59. The predicted octanol–water partition coefficient (Wildman–Crippen LogP) is 1.40. The van der Waals surface area contributed by atoms with Crippen molar-refractivity contribution >= 4 is 11.9 Å². The highest BCUT2D eigenvalue weighted by atomic mass is 16.3. The Bertz CT molecular complexity index is 567. The minimum absolute atomic E-state index is 0.0820. The molecule has 1 aromatic heterocycles. The van der Waals surface area contributed by atoms with Gasteiger partial charge in [0.1, 0.15) is 5.76 Å². The van der Waals surface area contributed by atoms with Crippen LogP contribution >= 0.6 is 0 Å². The first kappa shape index (κ1) is 14.6. The molecule has 0 spiro atoms. The van der Waals surface area contributed by atoms with E-state index < -0.39 is 0 Å². The Morgan fingerprint density at radius 3 is 2.43 bits per heavy atom. The lowest BCUT2D eigenvalue weighted by molar-refractivity contribution is -0.120. The summed E-state index contributed by atoms with van der Waals surface area (Å²) in [6.45, 7) is 0.640. The van der Waals surface area contributed by atoms with E-state index in [0.29, 0.717) is 18.8 Å². The summed E-state index contributed by atoms with van der Waals surface area (Å²) in [4.78, 5) is 23.1. The van der Waals surface area contributed by atoms with Gasteiger partial charge in [-0.1, -0.05) is 30.3 Å². The molecule has 0 fully saturated rings. The van der Waals surface area contributed by atoms with Gasteiger partial charge in [0.05, 0.1) is 19.4 Å². The van der Waals surface area contributed by atoms with E-state index in [1.165, 1.54) is 6.26 Å². The van der Waals surface area contributed by atoms with Crippen LogP contribution in [-0.4, -0.2) is 18.5 Å². The third-order valence-electron chi connectivity index (χ3n) is 2.75. The first-order chi connectivity index (χ1) is 10.2. The van der Waals surface area contributed by atoms with E-state index in [-0.39, 0.29) is 18.5 Å². The summed E-state index contributed by atoms with van der Waals surface area (Å²) in [5, 5.41) is 7.80. The molecule has 0 unspecified atom stereocenters. The van der Waals surface area contributed by atoms with E-state index in [2.05, 4.69) is 16.0 Å². The average molecular weight is 287 g/mol. The minimum atomic E-state index is -0.382. The molecule has 0 atom stereocenters. The van der Waals surface area contributed by atoms with Gasteiger partial charge in [-0.15, -0.1) is 0 Å². The quantitative estimate of drug-likeness (QED) is 0.751. The number of urea groups is 1. The van der Waals surface area contributed by atoms with Crippen LogP contribution in [0.3, 0.4) is 0 Å². The van der Waals surface area contributed by atoms with Crippen LogP contribution in [0.1, 0.15) is 11.3 Å². The number of amides is 3. The standard InChI is InChI=1S/C15H17N3O3/c19-14(16-10-13-7-4-8-21-13)11-18-15(20)17-9-12-5-2-1-3-6-12/h1-8H,9-11H2,(H,16,19)(H2,17,18,20). The highest BCUT2D eigenvalue weighted by Gasteiger charge is 2.05. The van der Waals surface area contributed by atoms with Crippen molar-refractivity contribution in [3.05, 3.63) is 60.1 Å². The molecular weight excluding hydrogens is 270 g/mol. The fraction of sp³-hybridized carbons (Fsp3) is 0.200. The summed E-state index contributed by atoms with van der Waals surface area (Å²) in [5.74, 6) is 0.387. The van der Waals surface area contributed by atoms with Gasteiger partial charge in [-0.05, 0) is 17.7 Å². The molecule has 0 aliphatic heterocycles. The summed E-state index contributed by atoms with van der Waals surface area (Å²) >= 11 is 0. The molecule has 2 aromatic rings. The topological polar surface area (TPSA) is 83.4 Å². The Balaban J connectivity index is 1.61. The number of rotatable bonds is 6. The molecule has 0 radical (unpaired) electrons. The second kappa shape index (κ2) is 7.74. The highest BCUT2D eigenvalue weighted by molar-refractivity contribution is 5.83. The number of furan rings is 1. The summed E-state index contributed by atoms with van der Waals surface area (Å²) < 4.78 is 5.08. The normalized spacial score (nSPS) is 9.90. The van der Waals surface area contributed by atoms with Gasteiger partial charge >= 0.3 is 6.03 Å². The van der Waals surface area contributed by atoms with Crippen molar-refractivity contribution in [1.82, 2.24) is 16.0 Å². The van der Waals surface area contributed by atoms with Crippen molar-refractivity contribution in [1.29, 1.82) is 0 Å². The Morgan fingerprint density at radius 1 is 0.905 bits per heavy atom. The Labute approximate surface area is 122 Å². The molecule has 3 amide bonds. The van der Waals surface area contributed by atoms with Crippen molar-refractivity contribution in [2.75, 3.05) is 6.54 Å². The van der Waals surface area contributed by atoms with Crippen molar-refractivity contribution in [3.63, 3.8) is 0 Å². The summed E-state index contributed by atoms with van der Waals surface area (Å²) in [6, 6.07) is 12.7. The molecule has 21 heavy (non-hydrogen) atoms. The maximum atomic E-state index is 11.5. The van der Waals surface area contributed by atoms with E-state index >= 15 is 0 Å². The number of benzene rings is 1. The molecule has 0 aliphatic rings. The Morgan fingerprint density at radius 2 is 1.71 bits per heavy atom. The van der Waals surface area contributed by atoms with Gasteiger partial charge in [-0.25, -0.2) is 4.79 Å². The third-order valence-corrected chi connectivity index (χ3v) is 2.75. The van der Waals surface area contributed by atoms with Crippen molar-refractivity contribution in [2.45, 2.75) is 13.1 Å². The average Bonchev–Trinajstić information content (AvgIpc) is 3.03. The number of hydrogen-bond donors (Lipinski definition) is 3. The van der Waals surface area contributed by atoms with Crippen LogP contribution in [0.4, 0.5) is 4.79 Å². The molecule has 2 rings (SSSR count). The van der Waals surface area contributed by atoms with Gasteiger partial charge < -0.3 is 20.4 Å². The van der Waals surface area contributed by atoms with Gasteiger partial charge in [0.2, 0.25) is 5.91 Å². The number of hydrogen-bond acceptors (Lipinski definition) is 3. The van der Waals surface area contributed by atoms with Crippen LogP contribution in [0.15, 0.2) is 53.1 Å². The molecule has 0 saturated heterocycles. The molecule has 6 heteroatoms. The Kier molecular flexibility index (Phi) is 5.40. The zero-order valence-corrected chi connectivity index (χ0v) is 11.5. The monoisotopic (exact) mass is 287 g/mol. The highest BCUT2D eigenvalue weighted by Crippen LogP contribution is 1.98. The van der Waals surface area contributed by atoms with Gasteiger partial charge in [0, 0.05) is 6.54 Å². The van der Waals surface area contributed by atoms with Gasteiger partial charge in [-0.2, -0.15) is 0 Å². The lowest BCUT2D eigenvalue weighted by Crippen LogP contribution is -2.41. The second-order valence-electron chi connectivity index (χ2n) is 4.38. The molecule has 0 bridgehead atoms. The molecular formula is C15H17N3O3. The van der Waals surface area contributed by atoms with Crippen LogP contribution in [0.2, 0.25) is 0 Å². The minimum Gasteiger partial charge on any atom is -0.467 e. The van der Waals surface area contributed by atoms with Crippen LogP contribution < -0.4 is 16.0 Å². The van der Waals surface area contributed by atoms with Crippen LogP contribution in [0.5, 0.6) is 0 Å². The van der Waals surface area contributed by atoms with E-state index in [4.69, 9.17) is 4.42 Å². The van der Waals surface area contributed by atoms with Crippen LogP contribution in [0.25, 0.3) is 0 Å². The third kappa shape index (κ3) is 5.40. The summed E-state index contributed by atoms with van der Waals surface area (Å²) in [7, 11) is 0. The second-order valence-corrected chi connectivity index (χ2v) is 4.38. The van der Waals surface area contributed by atoms with Gasteiger partial charge in [-0.3, -0.25) is 4.79 Å². The zero-order chi connectivity index (χ0) is 14.9. The maximum absolute atomic E-state index is 11.5. The maximum Gasteiger partial charge on any atom is 0.315 e. The smallest absolute Gasteiger partial charge is 0.315 e. The van der Waals surface area contributed by atoms with E-state index in [1.807, 2.05) is 30.3 Å². The van der Waals surface area contributed by atoms with Gasteiger partial charge in [0.25, 0.3) is 0 Å². The van der Waals surface area contributed by atoms with Crippen LogP contribution in [-0.2, 0) is 17.9 Å². The molecule has 0 saturated carbocycles. The van der Waals surface area contributed by atoms with E-state index in [9.17, 15) is 9.59 Å². The fourth-order valence-corrected chi connectivity index (χ4v) is 1.66. The van der Waals surface area contributed by atoms with Crippen molar-refractivity contribution in [3.8, 4) is 0 Å². The zero-order valence-electron chi connectivity index (χ0n) is 11.5.